The number of piperazine rings is 1. The summed E-state index contributed by atoms with van der Waals surface area (Å²) in [5, 5.41) is 6.72. The van der Waals surface area contributed by atoms with Crippen molar-refractivity contribution in [3.05, 3.63) is 77.6 Å². The van der Waals surface area contributed by atoms with Crippen LogP contribution < -0.4 is 10.6 Å². The molecule has 2 N–H and O–H groups in total. The molecule has 158 valence electrons. The first-order chi connectivity index (χ1) is 14.5. The molecule has 0 bridgehead atoms. The van der Waals surface area contributed by atoms with Crippen molar-refractivity contribution in [2.45, 2.75) is 0 Å². The number of likely N-dealkylation sites (N-methyl/N-ethyl adjacent to an activating group) is 1. The number of rotatable bonds is 6. The van der Waals surface area contributed by atoms with Gasteiger partial charge < -0.3 is 20.4 Å². The van der Waals surface area contributed by atoms with E-state index < -0.39 is 0 Å². The SMILES string of the molecule is CN/C(=C(\C(=C\C(=O)N(C)C)c1ccc(F)cc1)c1ccncc1)N1CCNCC1. The summed E-state index contributed by atoms with van der Waals surface area (Å²) < 4.78 is 13.6. The van der Waals surface area contributed by atoms with Crippen molar-refractivity contribution in [3.8, 4) is 0 Å². The molecule has 30 heavy (non-hydrogen) atoms. The summed E-state index contributed by atoms with van der Waals surface area (Å²) in [6.07, 6.45) is 5.08. The lowest BCUT2D eigenvalue weighted by Crippen LogP contribution is -2.45. The molecular weight excluding hydrogens is 381 g/mol. The summed E-state index contributed by atoms with van der Waals surface area (Å²) >= 11 is 0. The van der Waals surface area contributed by atoms with Crippen molar-refractivity contribution in [1.82, 2.24) is 25.4 Å². The maximum absolute atomic E-state index is 13.6. The minimum atomic E-state index is -0.317. The van der Waals surface area contributed by atoms with Gasteiger partial charge >= 0.3 is 0 Å². The Bertz CT molecular complexity index is 916. The molecule has 0 spiro atoms. The van der Waals surface area contributed by atoms with Gasteiger partial charge in [0.25, 0.3) is 0 Å². The lowest BCUT2D eigenvalue weighted by Gasteiger charge is -2.34. The smallest absolute Gasteiger partial charge is 0.246 e. The van der Waals surface area contributed by atoms with Crippen molar-refractivity contribution >= 4 is 17.1 Å². The number of nitrogens with zero attached hydrogens (tertiary/aromatic N) is 3. The highest BCUT2D eigenvalue weighted by atomic mass is 19.1. The van der Waals surface area contributed by atoms with E-state index in [9.17, 15) is 9.18 Å². The molecule has 1 saturated heterocycles. The molecule has 2 heterocycles. The topological polar surface area (TPSA) is 60.5 Å². The quantitative estimate of drug-likeness (QED) is 0.566. The predicted molar refractivity (Wildman–Crippen MR) is 118 cm³/mol. The molecule has 7 heteroatoms. The van der Waals surface area contributed by atoms with E-state index in [1.54, 1.807) is 44.7 Å². The molecule has 1 aliphatic rings. The first kappa shape index (κ1) is 21.5. The normalized spacial score (nSPS) is 15.5. The molecule has 0 atom stereocenters. The van der Waals surface area contributed by atoms with Crippen LogP contribution >= 0.6 is 0 Å². The van der Waals surface area contributed by atoms with Crippen LogP contribution in [0.2, 0.25) is 0 Å². The van der Waals surface area contributed by atoms with E-state index >= 15 is 0 Å². The second-order valence-corrected chi connectivity index (χ2v) is 7.24. The lowest BCUT2D eigenvalue weighted by molar-refractivity contribution is -0.123. The molecule has 2 aromatic rings. The van der Waals surface area contributed by atoms with Gasteiger partial charge in [-0.1, -0.05) is 12.1 Å². The van der Waals surface area contributed by atoms with Crippen molar-refractivity contribution in [2.75, 3.05) is 47.3 Å². The number of aromatic nitrogens is 1. The minimum absolute atomic E-state index is 0.142. The highest BCUT2D eigenvalue weighted by Gasteiger charge is 2.22. The maximum atomic E-state index is 13.6. The average Bonchev–Trinajstić information content (AvgIpc) is 2.77. The molecule has 1 aliphatic heterocycles. The lowest BCUT2D eigenvalue weighted by atomic mass is 9.91. The van der Waals surface area contributed by atoms with E-state index in [2.05, 4.69) is 20.5 Å². The molecule has 0 unspecified atom stereocenters. The summed E-state index contributed by atoms with van der Waals surface area (Å²) in [5.74, 6) is 0.462. The van der Waals surface area contributed by atoms with E-state index in [1.807, 2.05) is 19.2 Å². The molecule has 0 radical (unpaired) electrons. The van der Waals surface area contributed by atoms with E-state index in [4.69, 9.17) is 0 Å². The fourth-order valence-corrected chi connectivity index (χ4v) is 3.45. The van der Waals surface area contributed by atoms with E-state index in [1.165, 1.54) is 17.0 Å². The third-order valence-electron chi connectivity index (χ3n) is 5.01. The zero-order valence-electron chi connectivity index (χ0n) is 17.7. The van der Waals surface area contributed by atoms with Crippen LogP contribution in [-0.4, -0.2) is 68.0 Å². The Labute approximate surface area is 177 Å². The van der Waals surface area contributed by atoms with Crippen molar-refractivity contribution in [3.63, 3.8) is 0 Å². The monoisotopic (exact) mass is 409 g/mol. The highest BCUT2D eigenvalue weighted by Crippen LogP contribution is 2.34. The van der Waals surface area contributed by atoms with Crippen LogP contribution in [0.1, 0.15) is 11.1 Å². The van der Waals surface area contributed by atoms with E-state index in [0.717, 1.165) is 54.3 Å². The summed E-state index contributed by atoms with van der Waals surface area (Å²) in [6.45, 7) is 3.42. The number of benzene rings is 1. The van der Waals surface area contributed by atoms with Crippen LogP contribution in [0.15, 0.2) is 60.7 Å². The number of carbonyl (C=O) groups is 1. The van der Waals surface area contributed by atoms with Crippen LogP contribution in [-0.2, 0) is 4.79 Å². The Morgan fingerprint density at radius 2 is 1.73 bits per heavy atom. The third kappa shape index (κ3) is 5.04. The first-order valence-corrected chi connectivity index (χ1v) is 9.98. The summed E-state index contributed by atoms with van der Waals surface area (Å²) in [7, 11) is 5.31. The standard InChI is InChI=1S/C23H28FN5O/c1-25-23(29-14-12-27-13-15-29)22(18-8-10-26-11-9-18)20(16-21(30)28(2)3)17-4-6-19(24)7-5-17/h4-11,16,25,27H,12-15H2,1-3H3/b20-16+,23-22+. The van der Waals surface area contributed by atoms with Gasteiger partial charge in [-0.25, -0.2) is 4.39 Å². The summed E-state index contributed by atoms with van der Waals surface area (Å²) in [4.78, 5) is 20.7. The summed E-state index contributed by atoms with van der Waals surface area (Å²) in [6, 6.07) is 10.1. The van der Waals surface area contributed by atoms with Gasteiger partial charge in [0.2, 0.25) is 5.91 Å². The Balaban J connectivity index is 2.27. The maximum Gasteiger partial charge on any atom is 0.246 e. The van der Waals surface area contributed by atoms with Gasteiger partial charge in [-0.15, -0.1) is 0 Å². The summed E-state index contributed by atoms with van der Waals surface area (Å²) in [5.41, 5.74) is 3.29. The molecule has 1 amide bonds. The Morgan fingerprint density at radius 1 is 1.10 bits per heavy atom. The van der Waals surface area contributed by atoms with Gasteiger partial charge in [0.1, 0.15) is 11.6 Å². The average molecular weight is 410 g/mol. The van der Waals surface area contributed by atoms with E-state index in [-0.39, 0.29) is 11.7 Å². The largest absolute Gasteiger partial charge is 0.374 e. The Hall–Kier alpha value is -3.19. The zero-order chi connectivity index (χ0) is 21.5. The second-order valence-electron chi connectivity index (χ2n) is 7.24. The Morgan fingerprint density at radius 3 is 2.30 bits per heavy atom. The molecule has 0 aliphatic carbocycles. The fraction of sp³-hybridized carbons (Fsp3) is 0.304. The number of carbonyl (C=O) groups excluding carboxylic acids is 1. The van der Waals surface area contributed by atoms with Gasteiger partial charge in [0.15, 0.2) is 0 Å². The van der Waals surface area contributed by atoms with Crippen LogP contribution in [0.25, 0.3) is 11.1 Å². The number of amides is 1. The van der Waals surface area contributed by atoms with Gasteiger partial charge in [0.05, 0.1) is 0 Å². The third-order valence-corrected chi connectivity index (χ3v) is 5.01. The molecule has 1 aromatic carbocycles. The van der Waals surface area contributed by atoms with Crippen molar-refractivity contribution < 1.29 is 9.18 Å². The van der Waals surface area contributed by atoms with Crippen LogP contribution in [0.5, 0.6) is 0 Å². The number of halogens is 1. The predicted octanol–water partition coefficient (Wildman–Crippen LogP) is 2.19. The second kappa shape index (κ2) is 10.0. The highest BCUT2D eigenvalue weighted by molar-refractivity contribution is 6.12. The van der Waals surface area contributed by atoms with Crippen molar-refractivity contribution in [2.24, 2.45) is 0 Å². The zero-order valence-corrected chi connectivity index (χ0v) is 17.7. The van der Waals surface area contributed by atoms with Gasteiger partial charge in [0, 0.05) is 71.4 Å². The number of hydrogen-bond donors (Lipinski definition) is 2. The molecular formula is C23H28FN5O. The van der Waals surface area contributed by atoms with Crippen LogP contribution in [0.4, 0.5) is 4.39 Å². The van der Waals surface area contributed by atoms with Crippen LogP contribution in [0, 0.1) is 5.82 Å². The van der Waals surface area contributed by atoms with Gasteiger partial charge in [-0.2, -0.15) is 0 Å². The van der Waals surface area contributed by atoms with Gasteiger partial charge in [-0.05, 0) is 41.0 Å². The number of nitrogens with one attached hydrogen (secondary N) is 2. The number of hydrogen-bond acceptors (Lipinski definition) is 5. The molecule has 1 fully saturated rings. The molecule has 1 aromatic heterocycles. The molecule has 0 saturated carbocycles. The number of allylic oxidation sites excluding steroid dienone is 2. The molecule has 6 nitrogen and oxygen atoms in total. The molecule has 3 rings (SSSR count). The first-order valence-electron chi connectivity index (χ1n) is 9.98. The number of pyridine rings is 1. The van der Waals surface area contributed by atoms with Crippen LogP contribution in [0.3, 0.4) is 0 Å². The minimum Gasteiger partial charge on any atom is -0.374 e. The fourth-order valence-electron chi connectivity index (χ4n) is 3.45. The van der Waals surface area contributed by atoms with E-state index in [0.29, 0.717) is 0 Å². The Kier molecular flexibility index (Phi) is 7.19. The van der Waals surface area contributed by atoms with Crippen molar-refractivity contribution in [1.29, 1.82) is 0 Å². The van der Waals surface area contributed by atoms with Gasteiger partial charge in [-0.3, -0.25) is 9.78 Å².